The van der Waals surface area contributed by atoms with Crippen molar-refractivity contribution < 1.29 is 4.42 Å². The number of allylic oxidation sites excluding steroid dienone is 2. The molecule has 5 nitrogen and oxygen atoms in total. The summed E-state index contributed by atoms with van der Waals surface area (Å²) in [4.78, 5) is 2.46. The van der Waals surface area contributed by atoms with Crippen molar-refractivity contribution in [1.29, 1.82) is 5.26 Å². The van der Waals surface area contributed by atoms with Crippen molar-refractivity contribution in [3.05, 3.63) is 157 Å². The minimum atomic E-state index is -0.376. The molecule has 0 amide bonds. The third-order valence-corrected chi connectivity index (χ3v) is 10.8. The van der Waals surface area contributed by atoms with Gasteiger partial charge in [-0.3, -0.25) is 0 Å². The Morgan fingerprint density at radius 2 is 1.54 bits per heavy atom. The third kappa shape index (κ3) is 3.76. The molecule has 3 heterocycles. The number of rotatable bonds is 4. The average molecular weight is 645 g/mol. The Morgan fingerprint density at radius 1 is 0.740 bits per heavy atom. The molecule has 0 radical (unpaired) electrons. The van der Waals surface area contributed by atoms with Crippen LogP contribution in [0.2, 0.25) is 0 Å². The predicted molar refractivity (Wildman–Crippen MR) is 206 cm³/mol. The van der Waals surface area contributed by atoms with Crippen LogP contribution in [0.1, 0.15) is 24.0 Å². The summed E-state index contributed by atoms with van der Waals surface area (Å²) >= 11 is 0. The van der Waals surface area contributed by atoms with Crippen molar-refractivity contribution >= 4 is 60.8 Å². The van der Waals surface area contributed by atoms with E-state index in [2.05, 4.69) is 167 Å². The van der Waals surface area contributed by atoms with Crippen LogP contribution in [0.3, 0.4) is 0 Å². The average Bonchev–Trinajstić information content (AvgIpc) is 3.80. The number of anilines is 3. The van der Waals surface area contributed by atoms with Crippen molar-refractivity contribution in [3.8, 4) is 22.9 Å². The largest absolute Gasteiger partial charge is 0.455 e. The Bertz CT molecular complexity index is 2790. The summed E-state index contributed by atoms with van der Waals surface area (Å²) in [6.45, 7) is 2.29. The van der Waals surface area contributed by atoms with Crippen molar-refractivity contribution in [1.82, 2.24) is 4.57 Å². The second kappa shape index (κ2) is 10.5. The molecule has 0 fully saturated rings. The number of nitriles is 1. The quantitative estimate of drug-likeness (QED) is 0.207. The standard InChI is InChI=1S/C45H32N4O/c1-45-25-9-8-17-35(45)34-26-28(27-46)21-23-38(34)49(45)40-20-11-18-36(47-2)41(40)33-16-10-15-30-31-22-24-39-42(44(31)50-43(30)33)32-14-6-7-19-37(32)48(39)29-12-4-3-5-13-29/h3-26,35,47H,1-2H3. The zero-order chi connectivity index (χ0) is 33.6. The van der Waals surface area contributed by atoms with E-state index in [-0.39, 0.29) is 11.5 Å². The molecular weight excluding hydrogens is 613 g/mol. The van der Waals surface area contributed by atoms with Crippen LogP contribution in [0.5, 0.6) is 0 Å². The molecule has 0 bridgehead atoms. The molecule has 6 aromatic carbocycles. The first-order valence-electron chi connectivity index (χ1n) is 17.0. The van der Waals surface area contributed by atoms with E-state index in [1.54, 1.807) is 0 Å². The lowest BCUT2D eigenvalue weighted by Crippen LogP contribution is -2.42. The third-order valence-electron chi connectivity index (χ3n) is 10.8. The molecule has 1 N–H and O–H groups in total. The number of benzene rings is 6. The Balaban J connectivity index is 1.27. The first kappa shape index (κ1) is 28.5. The van der Waals surface area contributed by atoms with Gasteiger partial charge in [0, 0.05) is 57.3 Å². The first-order valence-corrected chi connectivity index (χ1v) is 17.0. The lowest BCUT2D eigenvalue weighted by Gasteiger charge is -2.40. The number of nitrogens with one attached hydrogen (secondary N) is 1. The van der Waals surface area contributed by atoms with Crippen LogP contribution in [0.25, 0.3) is 60.6 Å². The maximum absolute atomic E-state index is 9.80. The molecule has 1 aliphatic heterocycles. The van der Waals surface area contributed by atoms with Crippen molar-refractivity contribution in [2.45, 2.75) is 18.4 Å². The van der Waals surface area contributed by atoms with Crippen LogP contribution in [0.15, 0.2) is 150 Å². The van der Waals surface area contributed by atoms with Crippen LogP contribution in [-0.2, 0) is 0 Å². The van der Waals surface area contributed by atoms with E-state index in [9.17, 15) is 5.26 Å². The highest BCUT2D eigenvalue weighted by atomic mass is 16.3. The van der Waals surface area contributed by atoms with E-state index < -0.39 is 0 Å². The molecule has 0 saturated carbocycles. The van der Waals surface area contributed by atoms with Crippen LogP contribution >= 0.6 is 0 Å². The first-order chi connectivity index (χ1) is 24.6. The molecule has 50 heavy (non-hydrogen) atoms. The fourth-order valence-corrected chi connectivity index (χ4v) is 8.66. The number of nitrogens with zero attached hydrogens (tertiary/aromatic N) is 3. The Labute approximate surface area is 289 Å². The van der Waals surface area contributed by atoms with Gasteiger partial charge in [0.05, 0.1) is 39.3 Å². The van der Waals surface area contributed by atoms with Gasteiger partial charge in [-0.1, -0.05) is 85.0 Å². The highest BCUT2D eigenvalue weighted by Crippen LogP contribution is 2.57. The fraction of sp³-hybridized carbons (Fsp3) is 0.0889. The molecule has 1 aliphatic carbocycles. The second-order valence-corrected chi connectivity index (χ2v) is 13.4. The predicted octanol–water partition coefficient (Wildman–Crippen LogP) is 11.4. The molecule has 2 unspecified atom stereocenters. The highest BCUT2D eigenvalue weighted by Gasteiger charge is 2.48. The number of aromatic nitrogens is 1. The van der Waals surface area contributed by atoms with Gasteiger partial charge in [-0.2, -0.15) is 5.26 Å². The van der Waals surface area contributed by atoms with Gasteiger partial charge in [0.2, 0.25) is 0 Å². The maximum Gasteiger partial charge on any atom is 0.145 e. The van der Waals surface area contributed by atoms with E-state index in [4.69, 9.17) is 4.42 Å². The smallest absolute Gasteiger partial charge is 0.145 e. The summed E-state index contributed by atoms with van der Waals surface area (Å²) in [5.41, 5.74) is 11.9. The molecule has 8 aromatic rings. The monoisotopic (exact) mass is 644 g/mol. The van der Waals surface area contributed by atoms with E-state index in [0.717, 1.165) is 83.2 Å². The van der Waals surface area contributed by atoms with Crippen molar-refractivity contribution in [2.75, 3.05) is 17.3 Å². The Morgan fingerprint density at radius 3 is 2.40 bits per heavy atom. The molecule has 2 aromatic heterocycles. The van der Waals surface area contributed by atoms with Crippen LogP contribution in [0, 0.1) is 11.3 Å². The van der Waals surface area contributed by atoms with E-state index in [1.165, 1.54) is 0 Å². The van der Waals surface area contributed by atoms with E-state index in [0.29, 0.717) is 5.56 Å². The summed E-state index contributed by atoms with van der Waals surface area (Å²) in [6, 6.07) is 45.0. The molecule has 10 rings (SSSR count). The minimum absolute atomic E-state index is 0.0964. The number of fused-ring (bicyclic) bond motifs is 10. The van der Waals surface area contributed by atoms with Gasteiger partial charge in [0.15, 0.2) is 0 Å². The molecule has 2 aliphatic rings. The lowest BCUT2D eigenvalue weighted by molar-refractivity contribution is 0.542. The molecule has 2 atom stereocenters. The van der Waals surface area contributed by atoms with Gasteiger partial charge in [0.1, 0.15) is 11.2 Å². The van der Waals surface area contributed by atoms with Crippen LogP contribution in [0.4, 0.5) is 17.1 Å². The fourth-order valence-electron chi connectivity index (χ4n) is 8.66. The van der Waals surface area contributed by atoms with Gasteiger partial charge in [-0.05, 0) is 73.2 Å². The molecular formula is C45H32N4O. The second-order valence-electron chi connectivity index (χ2n) is 13.4. The van der Waals surface area contributed by atoms with Crippen molar-refractivity contribution in [3.63, 3.8) is 0 Å². The summed E-state index contributed by atoms with van der Waals surface area (Å²) < 4.78 is 9.47. The van der Waals surface area contributed by atoms with E-state index in [1.807, 2.05) is 13.1 Å². The van der Waals surface area contributed by atoms with Crippen LogP contribution in [-0.4, -0.2) is 17.2 Å². The Hall–Kier alpha value is -6.51. The normalized spacial score (nSPS) is 17.9. The SMILES string of the molecule is CNc1cccc(N2c3ccc(C#N)cc3C3C=CC=CC32C)c1-c1cccc2c1oc1c2ccc2c1c1ccccc1n2-c1ccccc1. The summed E-state index contributed by atoms with van der Waals surface area (Å²) in [5.74, 6) is 0.0964. The number of hydrogen-bond donors (Lipinski definition) is 1. The summed E-state index contributed by atoms with van der Waals surface area (Å²) in [6.07, 6.45) is 8.81. The zero-order valence-electron chi connectivity index (χ0n) is 27.7. The maximum atomic E-state index is 9.80. The zero-order valence-corrected chi connectivity index (χ0v) is 27.7. The number of para-hydroxylation sites is 3. The molecule has 0 spiro atoms. The van der Waals surface area contributed by atoms with Gasteiger partial charge < -0.3 is 19.2 Å². The van der Waals surface area contributed by atoms with Crippen LogP contribution < -0.4 is 10.2 Å². The molecule has 238 valence electrons. The van der Waals surface area contributed by atoms with Gasteiger partial charge in [0.25, 0.3) is 0 Å². The summed E-state index contributed by atoms with van der Waals surface area (Å²) in [7, 11) is 1.98. The van der Waals surface area contributed by atoms with Gasteiger partial charge in [-0.25, -0.2) is 0 Å². The van der Waals surface area contributed by atoms with E-state index >= 15 is 0 Å². The minimum Gasteiger partial charge on any atom is -0.455 e. The lowest BCUT2D eigenvalue weighted by atomic mass is 9.80. The van der Waals surface area contributed by atoms with Gasteiger partial charge >= 0.3 is 0 Å². The number of furan rings is 1. The van der Waals surface area contributed by atoms with Gasteiger partial charge in [-0.15, -0.1) is 0 Å². The molecule has 0 saturated heterocycles. The topological polar surface area (TPSA) is 57.1 Å². The highest BCUT2D eigenvalue weighted by molar-refractivity contribution is 6.25. The molecule has 5 heteroatoms. The summed E-state index contributed by atoms with van der Waals surface area (Å²) in [5, 5.41) is 17.8. The van der Waals surface area contributed by atoms with Crippen molar-refractivity contribution in [2.24, 2.45) is 0 Å². The number of hydrogen-bond acceptors (Lipinski definition) is 4. The Kier molecular flexibility index (Phi) is 5.98.